The maximum absolute atomic E-state index is 6.34. The van der Waals surface area contributed by atoms with Gasteiger partial charge in [0.1, 0.15) is 11.5 Å². The highest BCUT2D eigenvalue weighted by atomic mass is 16.5. The zero-order valence-corrected chi connectivity index (χ0v) is 15.0. The first-order chi connectivity index (χ1) is 12.2. The molecule has 0 bridgehead atoms. The molecule has 2 aromatic carbocycles. The molecule has 2 unspecified atom stereocenters. The van der Waals surface area contributed by atoms with Gasteiger partial charge in [-0.25, -0.2) is 5.01 Å². The molecule has 2 aliphatic heterocycles. The molecule has 4 nitrogen and oxygen atoms in total. The molecule has 0 spiro atoms. The normalized spacial score (nSPS) is 21.4. The lowest BCUT2D eigenvalue weighted by Gasteiger charge is -2.38. The van der Waals surface area contributed by atoms with Crippen molar-refractivity contribution in [2.24, 2.45) is 11.0 Å². The van der Waals surface area contributed by atoms with Crippen molar-refractivity contribution >= 4 is 5.71 Å². The van der Waals surface area contributed by atoms with Crippen molar-refractivity contribution in [3.05, 3.63) is 59.7 Å². The number of hydrazone groups is 1. The van der Waals surface area contributed by atoms with Gasteiger partial charge < -0.3 is 9.47 Å². The SMILES string of the molecule is COc1ccc(C2Oc3ccccc3C3CC(CC(C)C)=NN32)cc1. The van der Waals surface area contributed by atoms with E-state index in [1.54, 1.807) is 7.11 Å². The summed E-state index contributed by atoms with van der Waals surface area (Å²) in [6.45, 7) is 4.48. The number of para-hydroxylation sites is 1. The van der Waals surface area contributed by atoms with Crippen LogP contribution in [0.25, 0.3) is 0 Å². The van der Waals surface area contributed by atoms with E-state index in [0.29, 0.717) is 5.92 Å². The first kappa shape index (κ1) is 16.0. The number of nitrogens with zero attached hydrogens (tertiary/aromatic N) is 2. The average Bonchev–Trinajstić information content (AvgIpc) is 3.04. The number of ether oxygens (including phenoxy) is 2. The lowest BCUT2D eigenvalue weighted by atomic mass is 9.95. The minimum absolute atomic E-state index is 0.199. The minimum atomic E-state index is -0.199. The number of fused-ring (bicyclic) bond motifs is 3. The van der Waals surface area contributed by atoms with Crippen molar-refractivity contribution in [1.29, 1.82) is 0 Å². The summed E-state index contributed by atoms with van der Waals surface area (Å²) in [5.74, 6) is 2.42. The molecular formula is C21H24N2O2. The smallest absolute Gasteiger partial charge is 0.213 e. The van der Waals surface area contributed by atoms with Crippen LogP contribution in [0.4, 0.5) is 0 Å². The molecule has 2 aliphatic rings. The van der Waals surface area contributed by atoms with Gasteiger partial charge in [-0.15, -0.1) is 0 Å². The van der Waals surface area contributed by atoms with E-state index in [2.05, 4.69) is 49.2 Å². The van der Waals surface area contributed by atoms with Crippen LogP contribution in [0.2, 0.25) is 0 Å². The van der Waals surface area contributed by atoms with Crippen LogP contribution in [0.15, 0.2) is 53.6 Å². The van der Waals surface area contributed by atoms with E-state index < -0.39 is 0 Å². The van der Waals surface area contributed by atoms with Crippen LogP contribution in [0.5, 0.6) is 11.5 Å². The third kappa shape index (κ3) is 2.97. The Morgan fingerprint density at radius 1 is 1.16 bits per heavy atom. The van der Waals surface area contributed by atoms with Crippen LogP contribution in [-0.2, 0) is 0 Å². The lowest BCUT2D eigenvalue weighted by molar-refractivity contribution is -0.0190. The van der Waals surface area contributed by atoms with Gasteiger partial charge in [0, 0.05) is 23.3 Å². The molecule has 0 radical (unpaired) electrons. The Bertz CT molecular complexity index is 783. The maximum atomic E-state index is 6.34. The first-order valence-electron chi connectivity index (χ1n) is 8.90. The minimum Gasteiger partial charge on any atom is -0.497 e. The van der Waals surface area contributed by atoms with Crippen molar-refractivity contribution in [3.8, 4) is 11.5 Å². The van der Waals surface area contributed by atoms with Gasteiger partial charge >= 0.3 is 0 Å². The highest BCUT2D eigenvalue weighted by Gasteiger charge is 2.40. The average molecular weight is 336 g/mol. The van der Waals surface area contributed by atoms with Crippen LogP contribution >= 0.6 is 0 Å². The largest absolute Gasteiger partial charge is 0.497 e. The summed E-state index contributed by atoms with van der Waals surface area (Å²) in [4.78, 5) is 0. The van der Waals surface area contributed by atoms with E-state index in [-0.39, 0.29) is 12.3 Å². The summed E-state index contributed by atoms with van der Waals surface area (Å²) >= 11 is 0. The number of hydrogen-bond acceptors (Lipinski definition) is 4. The molecule has 0 fully saturated rings. The Kier molecular flexibility index (Phi) is 4.12. The number of hydrogen-bond donors (Lipinski definition) is 0. The van der Waals surface area contributed by atoms with Crippen molar-refractivity contribution in [2.75, 3.05) is 7.11 Å². The van der Waals surface area contributed by atoms with Gasteiger partial charge in [-0.3, -0.25) is 0 Å². The summed E-state index contributed by atoms with van der Waals surface area (Å²) in [5, 5.41) is 7.08. The lowest BCUT2D eigenvalue weighted by Crippen LogP contribution is -2.33. The van der Waals surface area contributed by atoms with Crippen LogP contribution in [-0.4, -0.2) is 17.8 Å². The predicted molar refractivity (Wildman–Crippen MR) is 98.9 cm³/mol. The van der Waals surface area contributed by atoms with E-state index >= 15 is 0 Å². The van der Waals surface area contributed by atoms with Gasteiger partial charge in [-0.1, -0.05) is 32.0 Å². The number of benzene rings is 2. The zero-order valence-electron chi connectivity index (χ0n) is 15.0. The first-order valence-corrected chi connectivity index (χ1v) is 8.90. The van der Waals surface area contributed by atoms with E-state index in [0.717, 1.165) is 29.9 Å². The van der Waals surface area contributed by atoms with Crippen molar-refractivity contribution in [1.82, 2.24) is 5.01 Å². The molecule has 2 heterocycles. The van der Waals surface area contributed by atoms with E-state index in [9.17, 15) is 0 Å². The zero-order chi connectivity index (χ0) is 17.4. The van der Waals surface area contributed by atoms with Crippen LogP contribution in [0.1, 0.15) is 50.1 Å². The molecule has 0 aromatic heterocycles. The predicted octanol–water partition coefficient (Wildman–Crippen LogP) is 4.94. The quantitative estimate of drug-likeness (QED) is 0.793. The Balaban J connectivity index is 1.71. The molecular weight excluding hydrogens is 312 g/mol. The van der Waals surface area contributed by atoms with Crippen LogP contribution in [0.3, 0.4) is 0 Å². The maximum Gasteiger partial charge on any atom is 0.213 e. The molecule has 0 aliphatic carbocycles. The number of methoxy groups -OCH3 is 1. The van der Waals surface area contributed by atoms with Crippen molar-refractivity contribution in [3.63, 3.8) is 0 Å². The summed E-state index contributed by atoms with van der Waals surface area (Å²) in [6.07, 6.45) is 1.81. The van der Waals surface area contributed by atoms with Gasteiger partial charge in [-0.05, 0) is 42.7 Å². The fraction of sp³-hybridized carbons (Fsp3) is 0.381. The monoisotopic (exact) mass is 336 g/mol. The second kappa shape index (κ2) is 6.43. The number of rotatable bonds is 4. The molecule has 0 N–H and O–H groups in total. The van der Waals surface area contributed by atoms with E-state index in [1.807, 2.05) is 18.2 Å². The van der Waals surface area contributed by atoms with Gasteiger partial charge in [0.25, 0.3) is 0 Å². The topological polar surface area (TPSA) is 34.1 Å². The van der Waals surface area contributed by atoms with Crippen LogP contribution in [0, 0.1) is 5.92 Å². The second-order valence-corrected chi connectivity index (χ2v) is 7.15. The Labute approximate surface area is 149 Å². The Morgan fingerprint density at radius 3 is 2.64 bits per heavy atom. The highest BCUT2D eigenvalue weighted by molar-refractivity contribution is 5.86. The molecule has 4 heteroatoms. The molecule has 130 valence electrons. The highest BCUT2D eigenvalue weighted by Crippen LogP contribution is 2.47. The van der Waals surface area contributed by atoms with Gasteiger partial charge in [0.2, 0.25) is 6.23 Å². The summed E-state index contributed by atoms with van der Waals surface area (Å²) in [5.41, 5.74) is 3.59. The van der Waals surface area contributed by atoms with E-state index in [4.69, 9.17) is 14.6 Å². The van der Waals surface area contributed by atoms with Gasteiger partial charge in [-0.2, -0.15) is 5.10 Å². The molecule has 0 amide bonds. The fourth-order valence-corrected chi connectivity index (χ4v) is 3.68. The Morgan fingerprint density at radius 2 is 1.92 bits per heavy atom. The fourth-order valence-electron chi connectivity index (χ4n) is 3.68. The van der Waals surface area contributed by atoms with E-state index in [1.165, 1.54) is 11.3 Å². The molecule has 0 saturated heterocycles. The standard InChI is InChI=1S/C21H24N2O2/c1-14(2)12-16-13-19-18-6-4-5-7-20(18)25-21(23(19)22-16)15-8-10-17(24-3)11-9-15/h4-11,14,19,21H,12-13H2,1-3H3. The molecule has 0 saturated carbocycles. The Hall–Kier alpha value is -2.49. The van der Waals surface area contributed by atoms with Crippen molar-refractivity contribution < 1.29 is 9.47 Å². The summed E-state index contributed by atoms with van der Waals surface area (Å²) in [6, 6.07) is 16.7. The summed E-state index contributed by atoms with van der Waals surface area (Å²) < 4.78 is 11.6. The molecule has 25 heavy (non-hydrogen) atoms. The second-order valence-electron chi connectivity index (χ2n) is 7.15. The molecule has 2 aromatic rings. The van der Waals surface area contributed by atoms with Crippen molar-refractivity contribution in [2.45, 2.75) is 39.0 Å². The molecule has 2 atom stereocenters. The third-order valence-electron chi connectivity index (χ3n) is 4.81. The van der Waals surface area contributed by atoms with Gasteiger partial charge in [0.05, 0.1) is 13.2 Å². The summed E-state index contributed by atoms with van der Waals surface area (Å²) in [7, 11) is 1.68. The third-order valence-corrected chi connectivity index (χ3v) is 4.81. The molecule has 4 rings (SSSR count). The van der Waals surface area contributed by atoms with Gasteiger partial charge in [0.15, 0.2) is 0 Å². The van der Waals surface area contributed by atoms with Crippen LogP contribution < -0.4 is 9.47 Å².